The maximum absolute atomic E-state index is 13.6. The summed E-state index contributed by atoms with van der Waals surface area (Å²) in [6.07, 6.45) is 0. The highest BCUT2D eigenvalue weighted by atomic mass is 35.5. The van der Waals surface area contributed by atoms with Crippen molar-refractivity contribution in [1.82, 2.24) is 0 Å². The van der Waals surface area contributed by atoms with Gasteiger partial charge in [0.1, 0.15) is 11.5 Å². The van der Waals surface area contributed by atoms with Crippen LogP contribution in [0.5, 0.6) is 0 Å². The third-order valence-electron chi connectivity index (χ3n) is 2.08. The van der Waals surface area contributed by atoms with Gasteiger partial charge in [0.2, 0.25) is 0 Å². The smallest absolute Gasteiger partial charge is 0.152 e. The molecule has 2 nitrogen and oxygen atoms in total. The van der Waals surface area contributed by atoms with Crippen LogP contribution in [-0.4, -0.2) is 0 Å². The third kappa shape index (κ3) is 1.89. The SMILES string of the molecule is NCc1ccc(-c2cccc(Cl)c2F)o1. The average Bonchev–Trinajstić information content (AvgIpc) is 2.70. The summed E-state index contributed by atoms with van der Waals surface area (Å²) >= 11 is 5.66. The highest BCUT2D eigenvalue weighted by molar-refractivity contribution is 6.31. The molecule has 15 heavy (non-hydrogen) atoms. The van der Waals surface area contributed by atoms with E-state index < -0.39 is 5.82 Å². The van der Waals surface area contributed by atoms with Gasteiger partial charge in [0.05, 0.1) is 17.1 Å². The molecule has 0 aliphatic carbocycles. The highest BCUT2D eigenvalue weighted by Crippen LogP contribution is 2.28. The van der Waals surface area contributed by atoms with Crippen LogP contribution in [0.3, 0.4) is 0 Å². The predicted octanol–water partition coefficient (Wildman–Crippen LogP) is 3.20. The van der Waals surface area contributed by atoms with Crippen molar-refractivity contribution in [3.8, 4) is 11.3 Å². The first-order chi connectivity index (χ1) is 7.22. The summed E-state index contributed by atoms with van der Waals surface area (Å²) in [6.45, 7) is 0.294. The number of benzene rings is 1. The van der Waals surface area contributed by atoms with Gasteiger partial charge < -0.3 is 10.2 Å². The number of rotatable bonds is 2. The molecule has 0 saturated carbocycles. The van der Waals surface area contributed by atoms with Crippen LogP contribution in [0.4, 0.5) is 4.39 Å². The Kier molecular flexibility index (Phi) is 2.75. The van der Waals surface area contributed by atoms with Crippen molar-refractivity contribution in [3.63, 3.8) is 0 Å². The molecule has 0 saturated heterocycles. The Bertz CT molecular complexity index is 481. The summed E-state index contributed by atoms with van der Waals surface area (Å²) in [5, 5.41) is 0.0817. The molecule has 0 fully saturated rings. The van der Waals surface area contributed by atoms with Crippen LogP contribution >= 0.6 is 11.6 Å². The van der Waals surface area contributed by atoms with Gasteiger partial charge in [0.15, 0.2) is 5.82 Å². The Morgan fingerprint density at radius 3 is 2.73 bits per heavy atom. The van der Waals surface area contributed by atoms with Crippen molar-refractivity contribution in [1.29, 1.82) is 0 Å². The van der Waals surface area contributed by atoms with E-state index in [1.165, 1.54) is 6.07 Å². The van der Waals surface area contributed by atoms with E-state index >= 15 is 0 Å². The second-order valence-electron chi connectivity index (χ2n) is 3.07. The molecule has 2 aromatic rings. The lowest BCUT2D eigenvalue weighted by molar-refractivity contribution is 0.520. The summed E-state index contributed by atoms with van der Waals surface area (Å²) in [6, 6.07) is 8.17. The summed E-state index contributed by atoms with van der Waals surface area (Å²) in [5.74, 6) is 0.580. The van der Waals surface area contributed by atoms with Gasteiger partial charge in [0.25, 0.3) is 0 Å². The van der Waals surface area contributed by atoms with E-state index in [4.69, 9.17) is 21.8 Å². The Morgan fingerprint density at radius 2 is 2.07 bits per heavy atom. The van der Waals surface area contributed by atoms with Gasteiger partial charge in [-0.3, -0.25) is 0 Å². The molecule has 1 aromatic carbocycles. The summed E-state index contributed by atoms with van der Waals surface area (Å²) in [4.78, 5) is 0. The average molecular weight is 226 g/mol. The van der Waals surface area contributed by atoms with Crippen molar-refractivity contribution < 1.29 is 8.81 Å². The minimum Gasteiger partial charge on any atom is -0.460 e. The first-order valence-electron chi connectivity index (χ1n) is 4.45. The maximum Gasteiger partial charge on any atom is 0.152 e. The normalized spacial score (nSPS) is 10.6. The van der Waals surface area contributed by atoms with Gasteiger partial charge in [-0.25, -0.2) is 4.39 Å². The molecule has 2 N–H and O–H groups in total. The van der Waals surface area contributed by atoms with Gasteiger partial charge in [-0.2, -0.15) is 0 Å². The van der Waals surface area contributed by atoms with E-state index in [-0.39, 0.29) is 5.02 Å². The van der Waals surface area contributed by atoms with E-state index in [1.807, 2.05) is 0 Å². The van der Waals surface area contributed by atoms with Gasteiger partial charge in [-0.15, -0.1) is 0 Å². The lowest BCUT2D eigenvalue weighted by Crippen LogP contribution is -1.92. The standard InChI is InChI=1S/C11H9ClFNO/c12-9-3-1-2-8(11(9)13)10-5-4-7(6-14)15-10/h1-5H,6,14H2. The van der Waals surface area contributed by atoms with E-state index in [2.05, 4.69) is 0 Å². The lowest BCUT2D eigenvalue weighted by atomic mass is 10.1. The van der Waals surface area contributed by atoms with E-state index in [1.54, 1.807) is 24.3 Å². The minimum absolute atomic E-state index is 0.0817. The number of furan rings is 1. The quantitative estimate of drug-likeness (QED) is 0.853. The largest absolute Gasteiger partial charge is 0.460 e. The molecule has 0 bridgehead atoms. The van der Waals surface area contributed by atoms with Crippen LogP contribution < -0.4 is 5.73 Å². The van der Waals surface area contributed by atoms with Gasteiger partial charge in [-0.05, 0) is 24.3 Å². The van der Waals surface area contributed by atoms with Crippen LogP contribution in [0.2, 0.25) is 5.02 Å². The van der Waals surface area contributed by atoms with Crippen molar-refractivity contribution in [2.45, 2.75) is 6.54 Å². The molecule has 0 radical (unpaired) electrons. The number of hydrogen-bond donors (Lipinski definition) is 1. The number of halogens is 2. The minimum atomic E-state index is -0.475. The molecule has 2 rings (SSSR count). The molecule has 1 heterocycles. The zero-order chi connectivity index (χ0) is 10.8. The first-order valence-corrected chi connectivity index (χ1v) is 4.83. The molecule has 0 spiro atoms. The molecule has 0 amide bonds. The monoisotopic (exact) mass is 225 g/mol. The second kappa shape index (κ2) is 4.04. The summed E-state index contributed by atoms with van der Waals surface area (Å²) in [5.41, 5.74) is 5.74. The van der Waals surface area contributed by atoms with Crippen LogP contribution in [0.25, 0.3) is 11.3 Å². The van der Waals surface area contributed by atoms with E-state index in [9.17, 15) is 4.39 Å². The van der Waals surface area contributed by atoms with Crippen LogP contribution in [0, 0.1) is 5.82 Å². The van der Waals surface area contributed by atoms with Gasteiger partial charge in [0, 0.05) is 0 Å². The van der Waals surface area contributed by atoms with Crippen LogP contribution in [-0.2, 0) is 6.54 Å². The zero-order valence-corrected chi connectivity index (χ0v) is 8.59. The van der Waals surface area contributed by atoms with Crippen molar-refractivity contribution in [3.05, 3.63) is 46.9 Å². The van der Waals surface area contributed by atoms with E-state index in [0.29, 0.717) is 23.6 Å². The third-order valence-corrected chi connectivity index (χ3v) is 2.37. The molecule has 0 atom stereocenters. The fourth-order valence-electron chi connectivity index (χ4n) is 1.33. The van der Waals surface area contributed by atoms with Gasteiger partial charge >= 0.3 is 0 Å². The Hall–Kier alpha value is -1.32. The van der Waals surface area contributed by atoms with Crippen molar-refractivity contribution in [2.75, 3.05) is 0 Å². The van der Waals surface area contributed by atoms with Crippen LogP contribution in [0.1, 0.15) is 5.76 Å². The molecule has 0 aliphatic heterocycles. The topological polar surface area (TPSA) is 39.2 Å². The summed E-state index contributed by atoms with van der Waals surface area (Å²) < 4.78 is 18.9. The summed E-state index contributed by atoms with van der Waals surface area (Å²) in [7, 11) is 0. The lowest BCUT2D eigenvalue weighted by Gasteiger charge is -2.00. The molecular weight excluding hydrogens is 217 g/mol. The Morgan fingerprint density at radius 1 is 1.27 bits per heavy atom. The fourth-order valence-corrected chi connectivity index (χ4v) is 1.50. The fraction of sp³-hybridized carbons (Fsp3) is 0.0909. The zero-order valence-electron chi connectivity index (χ0n) is 7.84. The van der Waals surface area contributed by atoms with Crippen molar-refractivity contribution in [2.24, 2.45) is 5.73 Å². The van der Waals surface area contributed by atoms with Gasteiger partial charge in [-0.1, -0.05) is 17.7 Å². The number of nitrogens with two attached hydrogens (primary N) is 1. The maximum atomic E-state index is 13.6. The molecule has 78 valence electrons. The molecule has 0 unspecified atom stereocenters. The Balaban J connectivity index is 2.49. The molecule has 0 aliphatic rings. The predicted molar refractivity (Wildman–Crippen MR) is 57.0 cm³/mol. The highest BCUT2D eigenvalue weighted by Gasteiger charge is 2.11. The van der Waals surface area contributed by atoms with E-state index in [0.717, 1.165) is 0 Å². The molecular formula is C11H9ClFNO. The second-order valence-corrected chi connectivity index (χ2v) is 3.48. The van der Waals surface area contributed by atoms with Crippen LogP contribution in [0.15, 0.2) is 34.7 Å². The van der Waals surface area contributed by atoms with Crippen molar-refractivity contribution >= 4 is 11.6 Å². The molecule has 1 aromatic heterocycles. The number of hydrogen-bond acceptors (Lipinski definition) is 2. The first kappa shape index (κ1) is 10.2. The molecule has 4 heteroatoms. The Labute approximate surface area is 91.5 Å².